The predicted octanol–water partition coefficient (Wildman–Crippen LogP) is 4.00. The number of nitrogens with one attached hydrogen (secondary N) is 1. The number of non-ortho nitro benzene ring substituents is 1. The number of furan rings is 1. The molecule has 4 rings (SSSR count). The van der Waals surface area contributed by atoms with E-state index in [0.717, 1.165) is 5.56 Å². The monoisotopic (exact) mass is 463 g/mol. The first-order chi connectivity index (χ1) is 15.8. The molecule has 1 aliphatic rings. The van der Waals surface area contributed by atoms with Crippen LogP contribution in [0.4, 0.5) is 11.4 Å². The number of thiocarbonyl (C=S) groups is 1. The number of hydrogen-bond acceptors (Lipinski definition) is 7. The molecule has 0 radical (unpaired) electrons. The quantitative estimate of drug-likeness (QED) is 0.200. The number of aryl methyl sites for hydroxylation is 1. The number of anilines is 1. The van der Waals surface area contributed by atoms with Gasteiger partial charge in [0.25, 0.3) is 17.5 Å². The number of methoxy groups -OCH3 is 1. The van der Waals surface area contributed by atoms with E-state index in [1.54, 1.807) is 49.4 Å². The van der Waals surface area contributed by atoms with E-state index in [2.05, 4.69) is 5.32 Å². The Kier molecular flexibility index (Phi) is 5.76. The molecule has 166 valence electrons. The zero-order valence-electron chi connectivity index (χ0n) is 17.5. The van der Waals surface area contributed by atoms with Gasteiger partial charge in [0.2, 0.25) is 0 Å². The summed E-state index contributed by atoms with van der Waals surface area (Å²) in [5.41, 5.74) is 1.53. The van der Waals surface area contributed by atoms with Gasteiger partial charge < -0.3 is 9.15 Å². The van der Waals surface area contributed by atoms with Crippen molar-refractivity contribution in [3.63, 3.8) is 0 Å². The summed E-state index contributed by atoms with van der Waals surface area (Å²) in [7, 11) is 1.53. The third-order valence-corrected chi connectivity index (χ3v) is 5.33. The first kappa shape index (κ1) is 21.9. The van der Waals surface area contributed by atoms with Crippen molar-refractivity contribution in [2.24, 2.45) is 0 Å². The number of ether oxygens (including phenoxy) is 1. The lowest BCUT2D eigenvalue weighted by molar-refractivity contribution is -0.384. The third-order valence-electron chi connectivity index (χ3n) is 5.04. The lowest BCUT2D eigenvalue weighted by Gasteiger charge is -2.28. The van der Waals surface area contributed by atoms with E-state index in [9.17, 15) is 19.7 Å². The van der Waals surface area contributed by atoms with E-state index in [-0.39, 0.29) is 22.1 Å². The maximum Gasteiger partial charge on any atom is 0.270 e. The van der Waals surface area contributed by atoms with Crippen LogP contribution in [-0.2, 0) is 9.59 Å². The van der Waals surface area contributed by atoms with Crippen molar-refractivity contribution in [3.8, 4) is 17.1 Å². The van der Waals surface area contributed by atoms with E-state index >= 15 is 0 Å². The second kappa shape index (κ2) is 8.67. The van der Waals surface area contributed by atoms with Crippen LogP contribution in [-0.4, -0.2) is 29.0 Å². The Balaban J connectivity index is 1.67. The summed E-state index contributed by atoms with van der Waals surface area (Å²) in [6, 6.07) is 14.3. The highest BCUT2D eigenvalue weighted by atomic mass is 32.1. The topological polar surface area (TPSA) is 115 Å². The minimum atomic E-state index is -0.653. The molecule has 0 atom stereocenters. The zero-order chi connectivity index (χ0) is 23.7. The van der Waals surface area contributed by atoms with Crippen molar-refractivity contribution >= 4 is 46.6 Å². The van der Waals surface area contributed by atoms with Crippen LogP contribution < -0.4 is 15.0 Å². The van der Waals surface area contributed by atoms with Crippen LogP contribution in [0.5, 0.6) is 5.75 Å². The molecule has 2 amide bonds. The molecule has 0 bridgehead atoms. The lowest BCUT2D eigenvalue weighted by Crippen LogP contribution is -2.54. The van der Waals surface area contributed by atoms with E-state index in [1.165, 1.54) is 30.2 Å². The van der Waals surface area contributed by atoms with Crippen molar-refractivity contribution in [2.45, 2.75) is 6.92 Å². The Morgan fingerprint density at radius 1 is 1.12 bits per heavy atom. The first-order valence-corrected chi connectivity index (χ1v) is 10.1. The maximum absolute atomic E-state index is 13.1. The number of nitro benzene ring substituents is 1. The van der Waals surface area contributed by atoms with Crippen molar-refractivity contribution < 1.29 is 23.7 Å². The second-order valence-electron chi connectivity index (χ2n) is 7.11. The van der Waals surface area contributed by atoms with E-state index in [0.29, 0.717) is 22.8 Å². The highest BCUT2D eigenvalue weighted by molar-refractivity contribution is 7.80. The lowest BCUT2D eigenvalue weighted by atomic mass is 10.1. The van der Waals surface area contributed by atoms with Crippen LogP contribution in [0, 0.1) is 17.0 Å². The summed E-state index contributed by atoms with van der Waals surface area (Å²) in [4.78, 5) is 37.4. The summed E-state index contributed by atoms with van der Waals surface area (Å²) >= 11 is 5.19. The Hall–Kier alpha value is -4.31. The molecule has 1 N–H and O–H groups in total. The standard InChI is InChI=1S/C23H17N3O6S/c1-13-3-4-15(26(29)30)11-18(13)20-10-9-17(32-20)12-19-21(27)24-23(33)25(22(19)28)14-5-7-16(31-2)8-6-14/h3-12H,1-2H3,(H,24,27,33). The van der Waals surface area contributed by atoms with Gasteiger partial charge in [-0.2, -0.15) is 0 Å². The Labute approximate surface area is 193 Å². The van der Waals surface area contributed by atoms with Crippen LogP contribution in [0.1, 0.15) is 11.3 Å². The third kappa shape index (κ3) is 4.23. The molecule has 1 fully saturated rings. The van der Waals surface area contributed by atoms with Gasteiger partial charge in [-0.1, -0.05) is 6.07 Å². The first-order valence-electron chi connectivity index (χ1n) is 9.69. The summed E-state index contributed by atoms with van der Waals surface area (Å²) in [5.74, 6) is -0.0581. The number of rotatable bonds is 5. The average Bonchev–Trinajstić information content (AvgIpc) is 3.25. The molecule has 0 saturated carbocycles. The van der Waals surface area contributed by atoms with Crippen molar-refractivity contribution in [1.29, 1.82) is 0 Å². The van der Waals surface area contributed by atoms with Gasteiger partial charge in [-0.05, 0) is 67.2 Å². The average molecular weight is 463 g/mol. The molecule has 2 aromatic carbocycles. The largest absolute Gasteiger partial charge is 0.497 e. The van der Waals surface area contributed by atoms with Crippen molar-refractivity contribution in [2.75, 3.05) is 12.0 Å². The number of hydrogen-bond donors (Lipinski definition) is 1. The molecular formula is C23H17N3O6S. The molecule has 33 heavy (non-hydrogen) atoms. The fraction of sp³-hybridized carbons (Fsp3) is 0.0870. The molecule has 0 unspecified atom stereocenters. The van der Waals surface area contributed by atoms with Gasteiger partial charge in [0.05, 0.1) is 17.7 Å². The molecule has 9 nitrogen and oxygen atoms in total. The van der Waals surface area contributed by atoms with Gasteiger partial charge >= 0.3 is 0 Å². The highest BCUT2D eigenvalue weighted by Crippen LogP contribution is 2.30. The number of carbonyl (C=O) groups excluding carboxylic acids is 2. The molecule has 3 aromatic rings. The number of carbonyl (C=O) groups is 2. The number of nitrogens with zero attached hydrogens (tertiary/aromatic N) is 2. The van der Waals surface area contributed by atoms with E-state index in [1.807, 2.05) is 0 Å². The van der Waals surface area contributed by atoms with Crippen LogP contribution in [0.25, 0.3) is 17.4 Å². The normalized spacial score (nSPS) is 15.0. The molecule has 2 heterocycles. The fourth-order valence-electron chi connectivity index (χ4n) is 3.33. The van der Waals surface area contributed by atoms with Gasteiger partial charge in [0.15, 0.2) is 5.11 Å². The van der Waals surface area contributed by atoms with Crippen LogP contribution in [0.15, 0.2) is 64.6 Å². The molecule has 10 heteroatoms. The van der Waals surface area contributed by atoms with Crippen LogP contribution in [0.2, 0.25) is 0 Å². The molecule has 1 aliphatic heterocycles. The molecule has 0 spiro atoms. The van der Waals surface area contributed by atoms with Gasteiger partial charge in [0.1, 0.15) is 22.8 Å². The van der Waals surface area contributed by atoms with Crippen molar-refractivity contribution in [1.82, 2.24) is 5.32 Å². The van der Waals surface area contributed by atoms with Crippen LogP contribution in [0.3, 0.4) is 0 Å². The summed E-state index contributed by atoms with van der Waals surface area (Å²) in [6.07, 6.45) is 1.31. The SMILES string of the molecule is COc1ccc(N2C(=O)C(=Cc3ccc(-c4cc([N+](=O)[O-])ccc4C)o3)C(=O)NC2=S)cc1. The Morgan fingerprint density at radius 3 is 2.52 bits per heavy atom. The fourth-order valence-corrected chi connectivity index (χ4v) is 3.61. The van der Waals surface area contributed by atoms with Gasteiger partial charge in [0, 0.05) is 17.7 Å². The van der Waals surface area contributed by atoms with Crippen molar-refractivity contribution in [3.05, 3.63) is 81.6 Å². The van der Waals surface area contributed by atoms with Gasteiger partial charge in [-0.15, -0.1) is 0 Å². The number of amides is 2. The molecule has 1 aromatic heterocycles. The van der Waals surface area contributed by atoms with Crippen LogP contribution >= 0.6 is 12.2 Å². The maximum atomic E-state index is 13.1. The Bertz CT molecular complexity index is 1330. The Morgan fingerprint density at radius 2 is 1.85 bits per heavy atom. The van der Waals surface area contributed by atoms with E-state index < -0.39 is 16.7 Å². The minimum absolute atomic E-state index is 0.0420. The minimum Gasteiger partial charge on any atom is -0.497 e. The summed E-state index contributed by atoms with van der Waals surface area (Å²) in [6.45, 7) is 1.80. The molecule has 1 saturated heterocycles. The second-order valence-corrected chi connectivity index (χ2v) is 7.50. The van der Waals surface area contributed by atoms with Gasteiger partial charge in [-0.3, -0.25) is 29.9 Å². The van der Waals surface area contributed by atoms with Gasteiger partial charge in [-0.25, -0.2) is 0 Å². The number of nitro groups is 1. The zero-order valence-corrected chi connectivity index (χ0v) is 18.3. The molecule has 0 aliphatic carbocycles. The summed E-state index contributed by atoms with van der Waals surface area (Å²) in [5, 5.41) is 13.6. The number of benzene rings is 2. The highest BCUT2D eigenvalue weighted by Gasteiger charge is 2.34. The predicted molar refractivity (Wildman–Crippen MR) is 125 cm³/mol. The molecular weight excluding hydrogens is 446 g/mol. The smallest absolute Gasteiger partial charge is 0.270 e. The summed E-state index contributed by atoms with van der Waals surface area (Å²) < 4.78 is 10.9. The van der Waals surface area contributed by atoms with E-state index in [4.69, 9.17) is 21.4 Å².